The second-order valence-corrected chi connectivity index (χ2v) is 9.52. The summed E-state index contributed by atoms with van der Waals surface area (Å²) in [7, 11) is 0. The van der Waals surface area contributed by atoms with Crippen LogP contribution in [-0.4, -0.2) is 56.7 Å². The SMILES string of the molecule is Cc1nc2sc([C@@H](c3ccc(C(C)C)cc3)N3CCC4(CC3)OCCO4)c(O)n2n1. The summed E-state index contributed by atoms with van der Waals surface area (Å²) in [6, 6.07) is 8.71. The molecular formula is C22H28N4O3S. The number of aromatic hydroxyl groups is 1. The molecule has 2 aromatic heterocycles. The van der Waals surface area contributed by atoms with Crippen molar-refractivity contribution in [2.45, 2.75) is 51.4 Å². The standard InChI is InChI=1S/C22H28N4O3S/c1-14(2)16-4-6-17(7-5-16)18(19-20(27)26-21(30-19)23-15(3)24-26)25-10-8-22(9-11-25)28-12-13-29-22/h4-7,14,18,27H,8-13H2,1-3H3/t18-/m1/s1. The van der Waals surface area contributed by atoms with Crippen molar-refractivity contribution in [3.8, 4) is 5.88 Å². The molecule has 0 bridgehead atoms. The lowest BCUT2D eigenvalue weighted by Gasteiger charge is -2.41. The molecule has 4 heterocycles. The lowest BCUT2D eigenvalue weighted by Crippen LogP contribution is -2.46. The number of ether oxygens (including phenoxy) is 2. The van der Waals surface area contributed by atoms with Crippen molar-refractivity contribution >= 4 is 16.3 Å². The highest BCUT2D eigenvalue weighted by atomic mass is 32.1. The molecule has 30 heavy (non-hydrogen) atoms. The van der Waals surface area contributed by atoms with Gasteiger partial charge in [0.25, 0.3) is 0 Å². The van der Waals surface area contributed by atoms with E-state index in [2.05, 4.69) is 53.1 Å². The molecule has 2 saturated heterocycles. The number of thiazole rings is 1. The van der Waals surface area contributed by atoms with Crippen LogP contribution in [0.15, 0.2) is 24.3 Å². The summed E-state index contributed by atoms with van der Waals surface area (Å²) in [5, 5.41) is 15.4. The van der Waals surface area contributed by atoms with Gasteiger partial charge in [0.05, 0.1) is 24.1 Å². The summed E-state index contributed by atoms with van der Waals surface area (Å²) in [5.41, 5.74) is 2.48. The van der Waals surface area contributed by atoms with E-state index < -0.39 is 5.79 Å². The van der Waals surface area contributed by atoms with Gasteiger partial charge in [-0.2, -0.15) is 4.52 Å². The van der Waals surface area contributed by atoms with Crippen LogP contribution >= 0.6 is 11.3 Å². The fourth-order valence-corrected chi connectivity index (χ4v) is 5.69. The molecule has 160 valence electrons. The monoisotopic (exact) mass is 428 g/mol. The third-order valence-corrected chi connectivity index (χ3v) is 7.28. The second-order valence-electron chi connectivity index (χ2n) is 8.51. The van der Waals surface area contributed by atoms with E-state index in [1.807, 2.05) is 6.92 Å². The average molecular weight is 429 g/mol. The number of piperidine rings is 1. The molecule has 8 heteroatoms. The van der Waals surface area contributed by atoms with Crippen molar-refractivity contribution in [2.75, 3.05) is 26.3 Å². The highest BCUT2D eigenvalue weighted by molar-refractivity contribution is 7.17. The summed E-state index contributed by atoms with van der Waals surface area (Å²) in [6.07, 6.45) is 1.66. The van der Waals surface area contributed by atoms with Gasteiger partial charge in [-0.05, 0) is 24.0 Å². The van der Waals surface area contributed by atoms with Gasteiger partial charge in [-0.3, -0.25) is 4.90 Å². The molecule has 1 atom stereocenters. The van der Waals surface area contributed by atoms with E-state index in [0.29, 0.717) is 25.0 Å². The predicted octanol–water partition coefficient (Wildman–Crippen LogP) is 3.86. The Labute approximate surface area is 180 Å². The molecule has 0 aliphatic carbocycles. The highest BCUT2D eigenvalue weighted by Crippen LogP contribution is 2.43. The minimum atomic E-state index is -0.423. The summed E-state index contributed by atoms with van der Waals surface area (Å²) < 4.78 is 13.4. The zero-order chi connectivity index (χ0) is 20.9. The number of hydrogen-bond acceptors (Lipinski definition) is 7. The van der Waals surface area contributed by atoms with E-state index in [4.69, 9.17) is 9.47 Å². The maximum Gasteiger partial charge on any atom is 0.230 e. The molecule has 5 rings (SSSR count). The summed E-state index contributed by atoms with van der Waals surface area (Å²) >= 11 is 1.51. The number of aromatic nitrogens is 3. The Bertz CT molecular complexity index is 1030. The van der Waals surface area contributed by atoms with Gasteiger partial charge >= 0.3 is 0 Å². The van der Waals surface area contributed by atoms with Crippen molar-refractivity contribution in [3.63, 3.8) is 0 Å². The molecule has 1 N–H and O–H groups in total. The first-order valence-corrected chi connectivity index (χ1v) is 11.4. The average Bonchev–Trinajstić information content (AvgIpc) is 3.42. The van der Waals surface area contributed by atoms with E-state index >= 15 is 0 Å². The quantitative estimate of drug-likeness (QED) is 0.680. The van der Waals surface area contributed by atoms with Crippen molar-refractivity contribution in [1.82, 2.24) is 19.5 Å². The number of aryl methyl sites for hydroxylation is 1. The first-order chi connectivity index (χ1) is 14.5. The second kappa shape index (κ2) is 7.60. The molecule has 7 nitrogen and oxygen atoms in total. The van der Waals surface area contributed by atoms with Gasteiger partial charge in [0.2, 0.25) is 10.8 Å². The van der Waals surface area contributed by atoms with Gasteiger partial charge in [-0.25, -0.2) is 4.98 Å². The summed E-state index contributed by atoms with van der Waals surface area (Å²) in [6.45, 7) is 9.26. The van der Waals surface area contributed by atoms with Crippen LogP contribution in [0, 0.1) is 6.92 Å². The van der Waals surface area contributed by atoms with Crippen molar-refractivity contribution in [3.05, 3.63) is 46.1 Å². The minimum Gasteiger partial charge on any atom is -0.492 e. The Morgan fingerprint density at radius 3 is 2.30 bits per heavy atom. The van der Waals surface area contributed by atoms with Crippen LogP contribution < -0.4 is 0 Å². The lowest BCUT2D eigenvalue weighted by atomic mass is 9.95. The van der Waals surface area contributed by atoms with Crippen LogP contribution in [0.3, 0.4) is 0 Å². The van der Waals surface area contributed by atoms with Crippen LogP contribution in [-0.2, 0) is 9.47 Å². The van der Waals surface area contributed by atoms with Crippen LogP contribution in [0.5, 0.6) is 5.88 Å². The molecule has 0 unspecified atom stereocenters. The largest absolute Gasteiger partial charge is 0.492 e. The zero-order valence-corrected chi connectivity index (χ0v) is 18.5. The Morgan fingerprint density at radius 2 is 1.70 bits per heavy atom. The lowest BCUT2D eigenvalue weighted by molar-refractivity contribution is -0.187. The Kier molecular flexibility index (Phi) is 5.05. The van der Waals surface area contributed by atoms with Crippen molar-refractivity contribution < 1.29 is 14.6 Å². The molecule has 0 radical (unpaired) electrons. The van der Waals surface area contributed by atoms with Gasteiger partial charge in [0, 0.05) is 25.9 Å². The van der Waals surface area contributed by atoms with Gasteiger partial charge < -0.3 is 14.6 Å². The molecule has 1 spiro atoms. The van der Waals surface area contributed by atoms with E-state index in [9.17, 15) is 5.11 Å². The normalized spacial score (nSPS) is 20.5. The highest BCUT2D eigenvalue weighted by Gasteiger charge is 2.42. The van der Waals surface area contributed by atoms with Crippen LogP contribution in [0.4, 0.5) is 0 Å². The predicted molar refractivity (Wildman–Crippen MR) is 115 cm³/mol. The van der Waals surface area contributed by atoms with Crippen LogP contribution in [0.2, 0.25) is 0 Å². The van der Waals surface area contributed by atoms with Crippen molar-refractivity contribution in [2.24, 2.45) is 0 Å². The van der Waals surface area contributed by atoms with Gasteiger partial charge in [-0.15, -0.1) is 5.10 Å². The van der Waals surface area contributed by atoms with Gasteiger partial charge in [0.1, 0.15) is 5.82 Å². The van der Waals surface area contributed by atoms with E-state index in [1.165, 1.54) is 22.5 Å². The molecule has 3 aromatic rings. The fraction of sp³-hybridized carbons (Fsp3) is 0.545. The maximum absolute atomic E-state index is 11.0. The topological polar surface area (TPSA) is 72.1 Å². The van der Waals surface area contributed by atoms with Crippen molar-refractivity contribution in [1.29, 1.82) is 0 Å². The summed E-state index contributed by atoms with van der Waals surface area (Å²) in [5.74, 6) is 0.904. The molecule has 2 aliphatic rings. The van der Waals surface area contributed by atoms with E-state index in [-0.39, 0.29) is 11.9 Å². The molecule has 1 aromatic carbocycles. The number of rotatable bonds is 4. The molecule has 0 amide bonds. The molecule has 2 aliphatic heterocycles. The molecular weight excluding hydrogens is 400 g/mol. The zero-order valence-electron chi connectivity index (χ0n) is 17.7. The molecule has 2 fully saturated rings. The smallest absolute Gasteiger partial charge is 0.230 e. The van der Waals surface area contributed by atoms with Gasteiger partial charge in [0.15, 0.2) is 5.79 Å². The number of benzene rings is 1. The number of fused-ring (bicyclic) bond motifs is 1. The number of hydrogen-bond donors (Lipinski definition) is 1. The fourth-order valence-electron chi connectivity index (χ4n) is 4.53. The number of nitrogens with zero attached hydrogens (tertiary/aromatic N) is 4. The molecule has 0 saturated carbocycles. The Morgan fingerprint density at radius 1 is 1.07 bits per heavy atom. The number of likely N-dealkylation sites (tertiary alicyclic amines) is 1. The Balaban J connectivity index is 1.51. The van der Waals surface area contributed by atoms with E-state index in [0.717, 1.165) is 35.8 Å². The minimum absolute atomic E-state index is 0.0567. The van der Waals surface area contributed by atoms with Crippen LogP contribution in [0.1, 0.15) is 60.5 Å². The Hall–Kier alpha value is -2.00. The third kappa shape index (κ3) is 3.41. The summed E-state index contributed by atoms with van der Waals surface area (Å²) in [4.78, 5) is 8.48. The van der Waals surface area contributed by atoms with E-state index in [1.54, 1.807) is 4.52 Å². The third-order valence-electron chi connectivity index (χ3n) is 6.21. The van der Waals surface area contributed by atoms with Crippen LogP contribution in [0.25, 0.3) is 4.96 Å². The maximum atomic E-state index is 11.0. The first-order valence-electron chi connectivity index (χ1n) is 10.6. The van der Waals surface area contributed by atoms with Gasteiger partial charge in [-0.1, -0.05) is 49.4 Å². The first kappa shape index (κ1) is 19.9.